The summed E-state index contributed by atoms with van der Waals surface area (Å²) in [6.07, 6.45) is 0. The zero-order chi connectivity index (χ0) is 18.9. The second-order valence-electron chi connectivity index (χ2n) is 5.86. The fourth-order valence-corrected chi connectivity index (χ4v) is 3.75. The summed E-state index contributed by atoms with van der Waals surface area (Å²) < 4.78 is 31.9. The number of fused-ring (bicyclic) bond motifs is 1. The fraction of sp³-hybridized carbons (Fsp3) is 0.105. The van der Waals surface area contributed by atoms with Crippen molar-refractivity contribution in [1.29, 1.82) is 0 Å². The van der Waals surface area contributed by atoms with Crippen LogP contribution in [0.25, 0.3) is 10.8 Å². The van der Waals surface area contributed by atoms with Gasteiger partial charge < -0.3 is 4.74 Å². The van der Waals surface area contributed by atoms with E-state index in [0.717, 1.165) is 19.6 Å². The molecule has 0 aliphatic heterocycles. The van der Waals surface area contributed by atoms with Crippen molar-refractivity contribution in [2.45, 2.75) is 4.90 Å². The number of carbonyl (C=O) groups is 1. The molecule has 26 heavy (non-hydrogen) atoms. The van der Waals surface area contributed by atoms with Crippen molar-refractivity contribution in [3.05, 3.63) is 70.7 Å². The first-order valence-corrected chi connectivity index (χ1v) is 9.95. The standard InChI is InChI=1S/C19H16BrNO4S/c1-21(2)26(23,24)18-5-3-4-15(12-18)19(22)25-17-9-7-13-10-16(20)8-6-14(13)11-17/h3-12H,1-2H3. The molecule has 0 aliphatic carbocycles. The first-order valence-electron chi connectivity index (χ1n) is 7.71. The highest BCUT2D eigenvalue weighted by molar-refractivity contribution is 9.10. The van der Waals surface area contributed by atoms with E-state index >= 15 is 0 Å². The largest absolute Gasteiger partial charge is 0.423 e. The molecule has 0 spiro atoms. The molecule has 0 heterocycles. The van der Waals surface area contributed by atoms with Crippen LogP contribution in [0.3, 0.4) is 0 Å². The van der Waals surface area contributed by atoms with Crippen LogP contribution in [-0.4, -0.2) is 32.8 Å². The minimum atomic E-state index is -3.62. The van der Waals surface area contributed by atoms with Crippen LogP contribution < -0.4 is 4.74 Å². The first kappa shape index (κ1) is 18.6. The van der Waals surface area contributed by atoms with E-state index in [0.29, 0.717) is 5.75 Å². The molecule has 3 aromatic rings. The quantitative estimate of drug-likeness (QED) is 0.459. The number of rotatable bonds is 4. The van der Waals surface area contributed by atoms with E-state index in [2.05, 4.69) is 15.9 Å². The van der Waals surface area contributed by atoms with Gasteiger partial charge in [-0.25, -0.2) is 17.5 Å². The van der Waals surface area contributed by atoms with E-state index < -0.39 is 16.0 Å². The number of hydrogen-bond acceptors (Lipinski definition) is 4. The number of nitrogens with zero attached hydrogens (tertiary/aromatic N) is 1. The van der Waals surface area contributed by atoms with Gasteiger partial charge in [-0.1, -0.05) is 34.1 Å². The van der Waals surface area contributed by atoms with E-state index in [9.17, 15) is 13.2 Å². The van der Waals surface area contributed by atoms with Gasteiger partial charge in [-0.3, -0.25) is 0 Å². The molecular weight excluding hydrogens is 418 g/mol. The number of hydrogen-bond donors (Lipinski definition) is 0. The summed E-state index contributed by atoms with van der Waals surface area (Å²) in [5, 5.41) is 1.95. The Balaban J connectivity index is 1.88. The Hall–Kier alpha value is -2.22. The number of benzene rings is 3. The lowest BCUT2D eigenvalue weighted by Crippen LogP contribution is -2.22. The summed E-state index contributed by atoms with van der Waals surface area (Å²) in [4.78, 5) is 12.5. The Labute approximate surface area is 160 Å². The second kappa shape index (κ2) is 7.19. The van der Waals surface area contributed by atoms with Crippen LogP contribution in [0.15, 0.2) is 70.0 Å². The predicted molar refractivity (Wildman–Crippen MR) is 104 cm³/mol. The zero-order valence-corrected chi connectivity index (χ0v) is 16.5. The Morgan fingerprint density at radius 2 is 1.65 bits per heavy atom. The number of sulfonamides is 1. The highest BCUT2D eigenvalue weighted by Crippen LogP contribution is 2.25. The summed E-state index contributed by atoms with van der Waals surface area (Å²) in [6.45, 7) is 0. The average Bonchev–Trinajstić information content (AvgIpc) is 2.61. The Morgan fingerprint density at radius 1 is 0.962 bits per heavy atom. The van der Waals surface area contributed by atoms with E-state index in [-0.39, 0.29) is 10.5 Å². The maximum absolute atomic E-state index is 12.4. The molecule has 0 amide bonds. The Bertz CT molecular complexity index is 1090. The summed E-state index contributed by atoms with van der Waals surface area (Å²) in [5.74, 6) is -0.219. The molecule has 0 unspecified atom stereocenters. The number of halogens is 1. The molecular formula is C19H16BrNO4S. The molecule has 5 nitrogen and oxygen atoms in total. The van der Waals surface area contributed by atoms with Gasteiger partial charge in [0.2, 0.25) is 10.0 Å². The SMILES string of the molecule is CN(C)S(=O)(=O)c1cccc(C(=O)Oc2ccc3cc(Br)ccc3c2)c1. The third-order valence-electron chi connectivity index (χ3n) is 3.83. The average molecular weight is 434 g/mol. The summed E-state index contributed by atoms with van der Waals surface area (Å²) >= 11 is 3.42. The zero-order valence-electron chi connectivity index (χ0n) is 14.1. The van der Waals surface area contributed by atoms with E-state index in [1.54, 1.807) is 12.1 Å². The molecule has 0 aromatic heterocycles. The molecule has 0 fully saturated rings. The van der Waals surface area contributed by atoms with Crippen molar-refractivity contribution < 1.29 is 17.9 Å². The lowest BCUT2D eigenvalue weighted by molar-refractivity contribution is 0.0734. The fourth-order valence-electron chi connectivity index (χ4n) is 2.42. The van der Waals surface area contributed by atoms with Crippen molar-refractivity contribution in [2.75, 3.05) is 14.1 Å². The molecule has 0 aliphatic rings. The molecule has 0 saturated carbocycles. The predicted octanol–water partition coefficient (Wildman–Crippen LogP) is 4.07. The minimum Gasteiger partial charge on any atom is -0.423 e. The lowest BCUT2D eigenvalue weighted by atomic mass is 10.1. The maximum atomic E-state index is 12.4. The Kier molecular flexibility index (Phi) is 5.13. The van der Waals surface area contributed by atoms with Gasteiger partial charge in [-0.2, -0.15) is 0 Å². The topological polar surface area (TPSA) is 63.7 Å². The van der Waals surface area contributed by atoms with Gasteiger partial charge in [-0.05, 0) is 53.2 Å². The number of esters is 1. The molecule has 3 rings (SSSR count). The van der Waals surface area contributed by atoms with E-state index in [4.69, 9.17) is 4.74 Å². The van der Waals surface area contributed by atoms with Crippen molar-refractivity contribution in [2.24, 2.45) is 0 Å². The highest BCUT2D eigenvalue weighted by Gasteiger charge is 2.19. The molecule has 7 heteroatoms. The van der Waals surface area contributed by atoms with Crippen LogP contribution in [0, 0.1) is 0 Å². The van der Waals surface area contributed by atoms with Gasteiger partial charge in [-0.15, -0.1) is 0 Å². The summed E-state index contributed by atoms with van der Waals surface area (Å²) in [6, 6.07) is 16.9. The third kappa shape index (κ3) is 3.80. The van der Waals surface area contributed by atoms with E-state index in [1.807, 2.05) is 24.3 Å². The smallest absolute Gasteiger partial charge is 0.343 e. The molecule has 0 saturated heterocycles. The Morgan fingerprint density at radius 3 is 2.38 bits per heavy atom. The summed E-state index contributed by atoms with van der Waals surface area (Å²) in [7, 11) is -0.741. The van der Waals surface area contributed by atoms with Crippen molar-refractivity contribution in [3.8, 4) is 5.75 Å². The monoisotopic (exact) mass is 433 g/mol. The summed E-state index contributed by atoms with van der Waals surface area (Å²) in [5.41, 5.74) is 0.170. The normalized spacial score (nSPS) is 11.7. The minimum absolute atomic E-state index is 0.0420. The molecule has 3 aromatic carbocycles. The lowest BCUT2D eigenvalue weighted by Gasteiger charge is -2.12. The number of ether oxygens (including phenoxy) is 1. The maximum Gasteiger partial charge on any atom is 0.343 e. The van der Waals surface area contributed by atoms with Crippen molar-refractivity contribution in [1.82, 2.24) is 4.31 Å². The first-order chi connectivity index (χ1) is 12.3. The second-order valence-corrected chi connectivity index (χ2v) is 8.93. The van der Waals surface area contributed by atoms with Gasteiger partial charge in [0.1, 0.15) is 5.75 Å². The van der Waals surface area contributed by atoms with Crippen LogP contribution in [0.5, 0.6) is 5.75 Å². The van der Waals surface area contributed by atoms with Crippen LogP contribution in [0.4, 0.5) is 0 Å². The van der Waals surface area contributed by atoms with Gasteiger partial charge in [0.05, 0.1) is 10.5 Å². The van der Waals surface area contributed by atoms with Gasteiger partial charge in [0.25, 0.3) is 0 Å². The van der Waals surface area contributed by atoms with Gasteiger partial charge in [0, 0.05) is 18.6 Å². The van der Waals surface area contributed by atoms with Crippen LogP contribution >= 0.6 is 15.9 Å². The molecule has 0 atom stereocenters. The van der Waals surface area contributed by atoms with Gasteiger partial charge in [0.15, 0.2) is 0 Å². The molecule has 0 radical (unpaired) electrons. The van der Waals surface area contributed by atoms with Crippen LogP contribution in [0.2, 0.25) is 0 Å². The van der Waals surface area contributed by atoms with Crippen LogP contribution in [0.1, 0.15) is 10.4 Å². The molecule has 134 valence electrons. The van der Waals surface area contributed by atoms with Crippen molar-refractivity contribution >= 4 is 42.7 Å². The third-order valence-corrected chi connectivity index (χ3v) is 6.14. The van der Waals surface area contributed by atoms with Crippen LogP contribution in [-0.2, 0) is 10.0 Å². The van der Waals surface area contributed by atoms with E-state index in [1.165, 1.54) is 38.4 Å². The highest BCUT2D eigenvalue weighted by atomic mass is 79.9. The van der Waals surface area contributed by atoms with Crippen molar-refractivity contribution in [3.63, 3.8) is 0 Å². The van der Waals surface area contributed by atoms with Gasteiger partial charge >= 0.3 is 5.97 Å². The molecule has 0 N–H and O–H groups in total. The molecule has 0 bridgehead atoms. The number of carbonyl (C=O) groups excluding carboxylic acids is 1.